The van der Waals surface area contributed by atoms with E-state index in [2.05, 4.69) is 23.2 Å². The minimum Gasteiger partial charge on any atom is -0.301 e. The Morgan fingerprint density at radius 1 is 1.50 bits per heavy atom. The van der Waals surface area contributed by atoms with Gasteiger partial charge >= 0.3 is 0 Å². The van der Waals surface area contributed by atoms with Crippen molar-refractivity contribution in [2.75, 3.05) is 26.2 Å². The molecular weight excluding hydrogens is 174 g/mol. The molecule has 80 valence electrons. The van der Waals surface area contributed by atoms with Crippen molar-refractivity contribution in [3.8, 4) is 6.07 Å². The molecule has 1 heterocycles. The number of hydrogen-bond donors (Lipinski definition) is 1. The summed E-state index contributed by atoms with van der Waals surface area (Å²) in [7, 11) is 0. The van der Waals surface area contributed by atoms with E-state index in [0.717, 1.165) is 32.1 Å². The number of nitrogens with one attached hydrogen (secondary N) is 1. The van der Waals surface area contributed by atoms with E-state index in [4.69, 9.17) is 5.26 Å². The van der Waals surface area contributed by atoms with Crippen LogP contribution in [0, 0.1) is 17.2 Å². The summed E-state index contributed by atoms with van der Waals surface area (Å²) >= 11 is 0. The lowest BCUT2D eigenvalue weighted by Gasteiger charge is -2.31. The second kappa shape index (κ2) is 6.00. The number of nitrogens with zero attached hydrogens (tertiary/aromatic N) is 2. The van der Waals surface area contributed by atoms with Crippen LogP contribution in [0.1, 0.15) is 26.7 Å². The summed E-state index contributed by atoms with van der Waals surface area (Å²) in [5, 5.41) is 12.1. The van der Waals surface area contributed by atoms with E-state index in [0.29, 0.717) is 0 Å². The van der Waals surface area contributed by atoms with Gasteiger partial charge in [-0.3, -0.25) is 0 Å². The first-order chi connectivity index (χ1) is 6.76. The van der Waals surface area contributed by atoms with Gasteiger partial charge in [-0.15, -0.1) is 0 Å². The fourth-order valence-electron chi connectivity index (χ4n) is 1.90. The van der Waals surface area contributed by atoms with Crippen LogP contribution in [-0.4, -0.2) is 37.1 Å². The van der Waals surface area contributed by atoms with E-state index in [9.17, 15) is 0 Å². The molecule has 0 spiro atoms. The maximum Gasteiger partial charge on any atom is 0.108 e. The number of likely N-dealkylation sites (tertiary alicyclic amines) is 1. The van der Waals surface area contributed by atoms with Crippen LogP contribution < -0.4 is 5.32 Å². The molecule has 1 N–H and O–H groups in total. The van der Waals surface area contributed by atoms with E-state index in [1.54, 1.807) is 0 Å². The zero-order valence-electron chi connectivity index (χ0n) is 9.29. The van der Waals surface area contributed by atoms with Crippen LogP contribution in [-0.2, 0) is 0 Å². The fourth-order valence-corrected chi connectivity index (χ4v) is 1.90. The number of nitriles is 1. The van der Waals surface area contributed by atoms with Gasteiger partial charge in [0.2, 0.25) is 0 Å². The molecule has 0 amide bonds. The molecule has 0 saturated carbocycles. The predicted octanol–water partition coefficient (Wildman–Crippen LogP) is 1.22. The zero-order valence-corrected chi connectivity index (χ0v) is 9.29. The molecule has 0 aromatic rings. The molecule has 0 aromatic carbocycles. The van der Waals surface area contributed by atoms with Gasteiger partial charge in [-0.05, 0) is 38.4 Å². The van der Waals surface area contributed by atoms with Crippen LogP contribution in [0.15, 0.2) is 0 Å². The molecule has 3 heteroatoms. The van der Waals surface area contributed by atoms with E-state index in [-0.39, 0.29) is 6.04 Å². The second-order valence-corrected chi connectivity index (χ2v) is 4.22. The molecule has 0 radical (unpaired) electrons. The Balaban J connectivity index is 2.26. The van der Waals surface area contributed by atoms with Crippen molar-refractivity contribution in [1.82, 2.24) is 10.2 Å². The molecule has 1 fully saturated rings. The number of rotatable bonds is 4. The molecule has 0 aromatic heterocycles. The van der Waals surface area contributed by atoms with Gasteiger partial charge in [0.1, 0.15) is 6.04 Å². The Morgan fingerprint density at radius 3 is 2.64 bits per heavy atom. The third kappa shape index (κ3) is 3.65. The Labute approximate surface area is 87.1 Å². The van der Waals surface area contributed by atoms with Gasteiger partial charge in [0.25, 0.3) is 0 Å². The van der Waals surface area contributed by atoms with Crippen LogP contribution in [0.5, 0.6) is 0 Å². The molecule has 0 bridgehead atoms. The maximum atomic E-state index is 8.90. The molecule has 1 rings (SSSR count). The van der Waals surface area contributed by atoms with E-state index < -0.39 is 0 Å². The van der Waals surface area contributed by atoms with E-state index in [1.165, 1.54) is 12.8 Å². The van der Waals surface area contributed by atoms with Gasteiger partial charge < -0.3 is 10.2 Å². The highest BCUT2D eigenvalue weighted by atomic mass is 15.2. The first-order valence-electron chi connectivity index (χ1n) is 5.61. The highest BCUT2D eigenvalue weighted by Crippen LogP contribution is 2.15. The second-order valence-electron chi connectivity index (χ2n) is 4.22. The van der Waals surface area contributed by atoms with Gasteiger partial charge in [0.05, 0.1) is 6.07 Å². The Morgan fingerprint density at radius 2 is 2.14 bits per heavy atom. The van der Waals surface area contributed by atoms with Crippen molar-refractivity contribution < 1.29 is 0 Å². The van der Waals surface area contributed by atoms with Gasteiger partial charge in [-0.1, -0.05) is 13.8 Å². The summed E-state index contributed by atoms with van der Waals surface area (Å²) in [5.74, 6) is 0.867. The molecule has 1 saturated heterocycles. The quantitative estimate of drug-likeness (QED) is 0.733. The van der Waals surface area contributed by atoms with Crippen LogP contribution in [0.2, 0.25) is 0 Å². The Hall–Kier alpha value is -0.590. The average molecular weight is 195 g/mol. The third-order valence-corrected chi connectivity index (χ3v) is 2.92. The molecular formula is C11H21N3. The fraction of sp³-hybridized carbons (Fsp3) is 0.909. The molecule has 14 heavy (non-hydrogen) atoms. The molecule has 1 unspecified atom stereocenters. The van der Waals surface area contributed by atoms with Crippen molar-refractivity contribution in [3.63, 3.8) is 0 Å². The van der Waals surface area contributed by atoms with Crippen LogP contribution in [0.3, 0.4) is 0 Å². The lowest BCUT2D eigenvalue weighted by molar-refractivity contribution is 0.184. The van der Waals surface area contributed by atoms with Gasteiger partial charge in [0.15, 0.2) is 0 Å². The van der Waals surface area contributed by atoms with Crippen LogP contribution in [0.25, 0.3) is 0 Å². The average Bonchev–Trinajstić information content (AvgIpc) is 2.20. The summed E-state index contributed by atoms with van der Waals surface area (Å²) in [6.07, 6.45) is 2.56. The smallest absolute Gasteiger partial charge is 0.108 e. The normalized spacial score (nSPS) is 21.8. The summed E-state index contributed by atoms with van der Waals surface area (Å²) in [6, 6.07) is 2.32. The molecule has 3 nitrogen and oxygen atoms in total. The third-order valence-electron chi connectivity index (χ3n) is 2.92. The summed E-state index contributed by atoms with van der Waals surface area (Å²) in [4.78, 5) is 2.40. The zero-order chi connectivity index (χ0) is 10.4. The first-order valence-corrected chi connectivity index (χ1v) is 5.61. The largest absolute Gasteiger partial charge is 0.301 e. The molecule has 1 aliphatic rings. The van der Waals surface area contributed by atoms with Crippen molar-refractivity contribution in [3.05, 3.63) is 0 Å². The minimum absolute atomic E-state index is 0.00778. The first kappa shape index (κ1) is 11.5. The minimum atomic E-state index is 0.00778. The highest BCUT2D eigenvalue weighted by molar-refractivity contribution is 4.92. The van der Waals surface area contributed by atoms with Gasteiger partial charge in [-0.25, -0.2) is 0 Å². The van der Waals surface area contributed by atoms with E-state index >= 15 is 0 Å². The molecule has 1 aliphatic heterocycles. The predicted molar refractivity (Wildman–Crippen MR) is 57.9 cm³/mol. The van der Waals surface area contributed by atoms with Crippen molar-refractivity contribution in [2.24, 2.45) is 5.92 Å². The number of hydrogen-bond acceptors (Lipinski definition) is 3. The van der Waals surface area contributed by atoms with Crippen molar-refractivity contribution in [1.29, 1.82) is 5.26 Å². The lowest BCUT2D eigenvalue weighted by atomic mass is 9.99. The SMILES string of the molecule is CCNC(C#N)CN1CCC(C)CC1. The molecule has 1 atom stereocenters. The van der Waals surface area contributed by atoms with Crippen LogP contribution >= 0.6 is 0 Å². The van der Waals surface area contributed by atoms with Gasteiger partial charge in [-0.2, -0.15) is 5.26 Å². The Bertz CT molecular complexity index is 189. The Kier molecular flexibility index (Phi) is 4.92. The highest BCUT2D eigenvalue weighted by Gasteiger charge is 2.18. The number of likely N-dealkylation sites (N-methyl/N-ethyl adjacent to an activating group) is 1. The topological polar surface area (TPSA) is 39.1 Å². The summed E-state index contributed by atoms with van der Waals surface area (Å²) < 4.78 is 0. The molecule has 0 aliphatic carbocycles. The summed E-state index contributed by atoms with van der Waals surface area (Å²) in [5.41, 5.74) is 0. The van der Waals surface area contributed by atoms with Crippen molar-refractivity contribution >= 4 is 0 Å². The lowest BCUT2D eigenvalue weighted by Crippen LogP contribution is -2.43. The maximum absolute atomic E-state index is 8.90. The van der Waals surface area contributed by atoms with Gasteiger partial charge in [0, 0.05) is 6.54 Å². The van der Waals surface area contributed by atoms with Crippen LogP contribution in [0.4, 0.5) is 0 Å². The van der Waals surface area contributed by atoms with E-state index in [1.807, 2.05) is 6.92 Å². The summed E-state index contributed by atoms with van der Waals surface area (Å²) in [6.45, 7) is 8.43. The number of piperidine rings is 1. The standard InChI is InChI=1S/C11H21N3/c1-3-13-11(8-12)9-14-6-4-10(2)5-7-14/h10-11,13H,3-7,9H2,1-2H3. The van der Waals surface area contributed by atoms with Crippen molar-refractivity contribution in [2.45, 2.75) is 32.7 Å². The monoisotopic (exact) mass is 195 g/mol.